The lowest BCUT2D eigenvalue weighted by Crippen LogP contribution is -2.32. The molecule has 0 aliphatic rings. The van der Waals surface area contributed by atoms with Gasteiger partial charge in [-0.3, -0.25) is 4.79 Å². The summed E-state index contributed by atoms with van der Waals surface area (Å²) < 4.78 is 0. The topological polar surface area (TPSA) is 83.6 Å². The third-order valence-corrected chi connectivity index (χ3v) is 2.50. The van der Waals surface area contributed by atoms with E-state index in [0.717, 1.165) is 11.1 Å². The van der Waals surface area contributed by atoms with E-state index in [4.69, 9.17) is 10.8 Å². The van der Waals surface area contributed by atoms with Crippen LogP contribution in [0.2, 0.25) is 0 Å². The molecule has 0 aromatic heterocycles. The number of aromatic hydroxyl groups is 1. The molecule has 1 atom stereocenters. The molecule has 1 rings (SSSR count). The van der Waals surface area contributed by atoms with E-state index in [1.54, 1.807) is 26.0 Å². The molecule has 0 aliphatic carbocycles. The number of carboxylic acid groups (broad SMARTS) is 1. The first kappa shape index (κ1) is 11.5. The number of aliphatic carboxylic acids is 1. The van der Waals surface area contributed by atoms with Crippen LogP contribution in [0.5, 0.6) is 5.75 Å². The molecule has 0 fully saturated rings. The van der Waals surface area contributed by atoms with Crippen molar-refractivity contribution in [2.45, 2.75) is 26.3 Å². The Morgan fingerprint density at radius 2 is 2.07 bits per heavy atom. The number of phenolic OH excluding ortho intramolecular Hbond substituents is 1. The van der Waals surface area contributed by atoms with E-state index in [0.29, 0.717) is 5.56 Å². The van der Waals surface area contributed by atoms with Gasteiger partial charge in [0.2, 0.25) is 0 Å². The highest BCUT2D eigenvalue weighted by Gasteiger charge is 2.15. The molecule has 0 bridgehead atoms. The number of hydrogen-bond donors (Lipinski definition) is 3. The molecule has 1 aromatic carbocycles. The van der Waals surface area contributed by atoms with Crippen molar-refractivity contribution in [3.05, 3.63) is 28.8 Å². The monoisotopic (exact) mass is 209 g/mol. The first-order valence-corrected chi connectivity index (χ1v) is 4.70. The minimum absolute atomic E-state index is 0.213. The Bertz CT molecular complexity index is 388. The second kappa shape index (κ2) is 4.31. The van der Waals surface area contributed by atoms with Crippen LogP contribution in [-0.2, 0) is 11.2 Å². The van der Waals surface area contributed by atoms with Gasteiger partial charge in [-0.2, -0.15) is 0 Å². The zero-order chi connectivity index (χ0) is 11.6. The molecule has 0 spiro atoms. The maximum atomic E-state index is 10.6. The molecule has 0 radical (unpaired) electrons. The van der Waals surface area contributed by atoms with Crippen molar-refractivity contribution in [3.63, 3.8) is 0 Å². The summed E-state index contributed by atoms with van der Waals surface area (Å²) in [4.78, 5) is 10.6. The van der Waals surface area contributed by atoms with E-state index < -0.39 is 12.0 Å². The summed E-state index contributed by atoms with van der Waals surface area (Å²) in [6, 6.07) is 2.63. The molecule has 0 aliphatic heterocycles. The minimum Gasteiger partial charge on any atom is -0.507 e. The van der Waals surface area contributed by atoms with Crippen molar-refractivity contribution in [2.75, 3.05) is 0 Å². The van der Waals surface area contributed by atoms with E-state index in [-0.39, 0.29) is 12.2 Å². The Labute approximate surface area is 88.3 Å². The van der Waals surface area contributed by atoms with Crippen LogP contribution in [-0.4, -0.2) is 22.2 Å². The van der Waals surface area contributed by atoms with Gasteiger partial charge in [0.25, 0.3) is 0 Å². The number of carbonyl (C=O) groups is 1. The Kier molecular flexibility index (Phi) is 3.31. The van der Waals surface area contributed by atoms with E-state index in [9.17, 15) is 9.90 Å². The number of rotatable bonds is 3. The van der Waals surface area contributed by atoms with Crippen LogP contribution in [0, 0.1) is 13.8 Å². The summed E-state index contributed by atoms with van der Waals surface area (Å²) in [6.45, 7) is 3.55. The molecule has 0 saturated heterocycles. The highest BCUT2D eigenvalue weighted by molar-refractivity contribution is 5.73. The van der Waals surface area contributed by atoms with Crippen molar-refractivity contribution >= 4 is 5.97 Å². The van der Waals surface area contributed by atoms with Crippen molar-refractivity contribution in [1.29, 1.82) is 0 Å². The van der Waals surface area contributed by atoms with Gasteiger partial charge in [0.15, 0.2) is 0 Å². The Balaban J connectivity index is 2.97. The predicted octanol–water partition coefficient (Wildman–Crippen LogP) is 0.963. The summed E-state index contributed by atoms with van der Waals surface area (Å²) in [5, 5.41) is 18.3. The van der Waals surface area contributed by atoms with Gasteiger partial charge in [0.1, 0.15) is 11.8 Å². The van der Waals surface area contributed by atoms with E-state index in [2.05, 4.69) is 0 Å². The van der Waals surface area contributed by atoms with Gasteiger partial charge in [-0.1, -0.05) is 12.1 Å². The molecule has 0 saturated carbocycles. The Hall–Kier alpha value is -1.55. The third-order valence-electron chi connectivity index (χ3n) is 2.50. The van der Waals surface area contributed by atoms with Gasteiger partial charge < -0.3 is 15.9 Å². The fourth-order valence-corrected chi connectivity index (χ4v) is 1.42. The van der Waals surface area contributed by atoms with Crippen LogP contribution in [0.4, 0.5) is 0 Å². The Morgan fingerprint density at radius 1 is 1.47 bits per heavy atom. The number of carboxylic acids is 1. The lowest BCUT2D eigenvalue weighted by molar-refractivity contribution is -0.138. The maximum Gasteiger partial charge on any atom is 0.320 e. The fraction of sp³-hybridized carbons (Fsp3) is 0.364. The molecule has 82 valence electrons. The van der Waals surface area contributed by atoms with Gasteiger partial charge in [0.05, 0.1) is 0 Å². The van der Waals surface area contributed by atoms with E-state index in [1.807, 2.05) is 0 Å². The number of phenols is 1. The number of aryl methyl sites for hydroxylation is 1. The summed E-state index contributed by atoms with van der Waals surface area (Å²) in [7, 11) is 0. The molecule has 1 unspecified atom stereocenters. The average molecular weight is 209 g/mol. The van der Waals surface area contributed by atoms with E-state index >= 15 is 0 Å². The number of benzene rings is 1. The SMILES string of the molecule is Cc1ccc(CC(N)C(=O)O)c(C)c1O. The number of nitrogens with two attached hydrogens (primary N) is 1. The quantitative estimate of drug-likeness (QED) is 0.692. The predicted molar refractivity (Wildman–Crippen MR) is 56.9 cm³/mol. The molecular formula is C11H15NO3. The zero-order valence-corrected chi connectivity index (χ0v) is 8.82. The van der Waals surface area contributed by atoms with Gasteiger partial charge in [-0.15, -0.1) is 0 Å². The van der Waals surface area contributed by atoms with Crippen LogP contribution in [0.15, 0.2) is 12.1 Å². The number of hydrogen-bond acceptors (Lipinski definition) is 3. The second-order valence-corrected chi connectivity index (χ2v) is 3.66. The van der Waals surface area contributed by atoms with Gasteiger partial charge in [-0.25, -0.2) is 0 Å². The van der Waals surface area contributed by atoms with Gasteiger partial charge in [0, 0.05) is 0 Å². The fourth-order valence-electron chi connectivity index (χ4n) is 1.42. The van der Waals surface area contributed by atoms with Crippen molar-refractivity contribution in [2.24, 2.45) is 5.73 Å². The van der Waals surface area contributed by atoms with Crippen LogP contribution < -0.4 is 5.73 Å². The minimum atomic E-state index is -1.03. The zero-order valence-electron chi connectivity index (χ0n) is 8.82. The van der Waals surface area contributed by atoms with Crippen molar-refractivity contribution < 1.29 is 15.0 Å². The molecule has 4 N–H and O–H groups in total. The summed E-state index contributed by atoms with van der Waals surface area (Å²) in [6.07, 6.45) is 0.231. The van der Waals surface area contributed by atoms with Crippen LogP contribution in [0.25, 0.3) is 0 Å². The molecule has 0 amide bonds. The van der Waals surface area contributed by atoms with E-state index in [1.165, 1.54) is 0 Å². The largest absolute Gasteiger partial charge is 0.507 e. The standard InChI is InChI=1S/C11H15NO3/c1-6-3-4-8(7(2)10(6)13)5-9(12)11(14)15/h3-4,9,13H,5,12H2,1-2H3,(H,14,15). The molecular weight excluding hydrogens is 194 g/mol. The summed E-state index contributed by atoms with van der Waals surface area (Å²) in [5.74, 6) is -0.820. The van der Waals surface area contributed by atoms with Crippen LogP contribution in [0.1, 0.15) is 16.7 Å². The lowest BCUT2D eigenvalue weighted by atomic mass is 9.98. The highest BCUT2D eigenvalue weighted by atomic mass is 16.4. The molecule has 0 heterocycles. The molecule has 15 heavy (non-hydrogen) atoms. The van der Waals surface area contributed by atoms with Gasteiger partial charge >= 0.3 is 5.97 Å². The third kappa shape index (κ3) is 2.47. The first-order valence-electron chi connectivity index (χ1n) is 4.70. The summed E-state index contributed by atoms with van der Waals surface area (Å²) >= 11 is 0. The highest BCUT2D eigenvalue weighted by Crippen LogP contribution is 2.25. The lowest BCUT2D eigenvalue weighted by Gasteiger charge is -2.11. The summed E-state index contributed by atoms with van der Waals surface area (Å²) in [5.41, 5.74) is 7.67. The molecule has 4 heteroatoms. The van der Waals surface area contributed by atoms with Crippen LogP contribution in [0.3, 0.4) is 0 Å². The average Bonchev–Trinajstić information content (AvgIpc) is 2.18. The smallest absolute Gasteiger partial charge is 0.320 e. The molecule has 4 nitrogen and oxygen atoms in total. The van der Waals surface area contributed by atoms with Crippen molar-refractivity contribution in [3.8, 4) is 5.75 Å². The molecule has 1 aromatic rings. The van der Waals surface area contributed by atoms with Gasteiger partial charge in [-0.05, 0) is 37.0 Å². The Morgan fingerprint density at radius 3 is 2.60 bits per heavy atom. The van der Waals surface area contributed by atoms with Crippen LogP contribution >= 0.6 is 0 Å². The second-order valence-electron chi connectivity index (χ2n) is 3.66. The normalized spacial score (nSPS) is 12.5. The maximum absolute atomic E-state index is 10.6. The van der Waals surface area contributed by atoms with Crippen molar-refractivity contribution in [1.82, 2.24) is 0 Å². The first-order chi connectivity index (χ1) is 6.93.